The molecule has 0 aliphatic heterocycles. The van der Waals surface area contributed by atoms with E-state index in [9.17, 15) is 18.3 Å². The minimum atomic E-state index is -4.11. The zero-order chi connectivity index (χ0) is 20.1. The van der Waals surface area contributed by atoms with Gasteiger partial charge in [-0.25, -0.2) is 8.42 Å². The van der Waals surface area contributed by atoms with Crippen LogP contribution >= 0.6 is 0 Å². The van der Waals surface area contributed by atoms with Crippen molar-refractivity contribution in [1.29, 1.82) is 5.26 Å². The zero-order valence-electron chi connectivity index (χ0n) is 15.1. The number of nitrogens with one attached hydrogen (secondary N) is 1. The van der Waals surface area contributed by atoms with Crippen LogP contribution in [-0.2, 0) is 27.5 Å². The SMILES string of the molecule is CC(C(=O)O)(C1Cc2[nH]c3ccc(C#N)cc3c2C1)S(=O)(=O)c1ccccc1. The monoisotopic (exact) mass is 394 g/mol. The molecule has 0 spiro atoms. The summed E-state index contributed by atoms with van der Waals surface area (Å²) in [5.41, 5.74) is 3.11. The van der Waals surface area contributed by atoms with Gasteiger partial charge in [-0.05, 0) is 61.6 Å². The van der Waals surface area contributed by atoms with Crippen molar-refractivity contribution in [1.82, 2.24) is 4.98 Å². The van der Waals surface area contributed by atoms with Crippen LogP contribution in [0.4, 0.5) is 0 Å². The van der Waals surface area contributed by atoms with E-state index in [4.69, 9.17) is 5.26 Å². The van der Waals surface area contributed by atoms with Gasteiger partial charge in [0.05, 0.1) is 16.5 Å². The fraction of sp³-hybridized carbons (Fsp3) is 0.238. The van der Waals surface area contributed by atoms with E-state index in [1.54, 1.807) is 30.3 Å². The van der Waals surface area contributed by atoms with Gasteiger partial charge in [0.25, 0.3) is 0 Å². The van der Waals surface area contributed by atoms with Gasteiger partial charge in [-0.3, -0.25) is 4.79 Å². The molecule has 0 fully saturated rings. The maximum atomic E-state index is 13.3. The normalized spacial score (nSPS) is 18.4. The number of benzene rings is 2. The van der Waals surface area contributed by atoms with Gasteiger partial charge < -0.3 is 10.1 Å². The molecule has 2 unspecified atom stereocenters. The van der Waals surface area contributed by atoms with E-state index in [0.717, 1.165) is 22.2 Å². The van der Waals surface area contributed by atoms with Crippen molar-refractivity contribution in [3.63, 3.8) is 0 Å². The minimum absolute atomic E-state index is 0.00656. The maximum Gasteiger partial charge on any atom is 0.325 e. The number of H-pyrrole nitrogens is 1. The van der Waals surface area contributed by atoms with Crippen molar-refractivity contribution in [3.05, 3.63) is 65.4 Å². The standard InChI is InChI=1S/C21H18N2O4S/c1-21(20(24)25,28(26,27)15-5-3-2-4-6-15)14-10-17-16-9-13(12-22)7-8-18(16)23-19(17)11-14/h2-9,14,23H,10-11H2,1H3,(H,24,25). The van der Waals surface area contributed by atoms with Crippen molar-refractivity contribution in [2.75, 3.05) is 0 Å². The Balaban J connectivity index is 1.80. The van der Waals surface area contributed by atoms with Gasteiger partial charge in [-0.1, -0.05) is 18.2 Å². The molecule has 7 heteroatoms. The molecule has 142 valence electrons. The first-order valence-corrected chi connectivity index (χ1v) is 10.3. The molecule has 0 saturated carbocycles. The second-order valence-electron chi connectivity index (χ2n) is 7.29. The van der Waals surface area contributed by atoms with Crippen LogP contribution < -0.4 is 0 Å². The topological polar surface area (TPSA) is 111 Å². The fourth-order valence-electron chi connectivity index (χ4n) is 4.09. The van der Waals surface area contributed by atoms with Crippen LogP contribution in [0.25, 0.3) is 10.9 Å². The van der Waals surface area contributed by atoms with E-state index in [0.29, 0.717) is 18.4 Å². The Kier molecular flexibility index (Phi) is 4.05. The lowest BCUT2D eigenvalue weighted by molar-refractivity contribution is -0.141. The molecule has 1 aromatic heterocycles. The van der Waals surface area contributed by atoms with Crippen molar-refractivity contribution in [3.8, 4) is 6.07 Å². The van der Waals surface area contributed by atoms with Gasteiger partial charge in [-0.2, -0.15) is 5.26 Å². The molecule has 0 amide bonds. The molecular formula is C21H18N2O4S. The molecule has 0 saturated heterocycles. The maximum absolute atomic E-state index is 13.3. The number of aromatic nitrogens is 1. The first-order chi connectivity index (χ1) is 13.3. The Hall–Kier alpha value is -3.11. The van der Waals surface area contributed by atoms with Gasteiger partial charge in [0.1, 0.15) is 0 Å². The van der Waals surface area contributed by atoms with E-state index in [2.05, 4.69) is 11.1 Å². The number of fused-ring (bicyclic) bond motifs is 3. The third kappa shape index (κ3) is 2.45. The molecule has 2 aromatic carbocycles. The Morgan fingerprint density at radius 3 is 2.57 bits per heavy atom. The summed E-state index contributed by atoms with van der Waals surface area (Å²) in [5.74, 6) is -1.97. The van der Waals surface area contributed by atoms with Gasteiger partial charge in [0.15, 0.2) is 14.6 Å². The predicted molar refractivity (Wildman–Crippen MR) is 104 cm³/mol. The molecule has 3 aromatic rings. The summed E-state index contributed by atoms with van der Waals surface area (Å²) in [6, 6.07) is 15.1. The Morgan fingerprint density at radius 2 is 1.93 bits per heavy atom. The molecule has 1 heterocycles. The molecule has 6 nitrogen and oxygen atoms in total. The molecule has 0 radical (unpaired) electrons. The number of aliphatic carboxylic acids is 1. The molecule has 2 atom stereocenters. The van der Waals surface area contributed by atoms with Crippen LogP contribution in [0.3, 0.4) is 0 Å². The average molecular weight is 394 g/mol. The van der Waals surface area contributed by atoms with Crippen LogP contribution in [0.2, 0.25) is 0 Å². The highest BCUT2D eigenvalue weighted by Gasteiger charge is 2.55. The van der Waals surface area contributed by atoms with E-state index in [-0.39, 0.29) is 4.90 Å². The summed E-state index contributed by atoms with van der Waals surface area (Å²) in [6.07, 6.45) is 0.639. The number of carboxylic acid groups (broad SMARTS) is 1. The lowest BCUT2D eigenvalue weighted by Gasteiger charge is -2.31. The van der Waals surface area contributed by atoms with Crippen molar-refractivity contribution in [2.45, 2.75) is 29.4 Å². The summed E-state index contributed by atoms with van der Waals surface area (Å²) in [6.45, 7) is 1.30. The molecular weight excluding hydrogens is 376 g/mol. The Labute approximate surface area is 162 Å². The smallest absolute Gasteiger partial charge is 0.325 e. The molecule has 4 rings (SSSR count). The predicted octanol–water partition coefficient (Wildman–Crippen LogP) is 3.07. The van der Waals surface area contributed by atoms with Crippen molar-refractivity contribution < 1.29 is 18.3 Å². The summed E-state index contributed by atoms with van der Waals surface area (Å²) in [7, 11) is -4.11. The van der Waals surface area contributed by atoms with Crippen molar-refractivity contribution in [2.24, 2.45) is 5.92 Å². The van der Waals surface area contributed by atoms with Crippen LogP contribution in [0.15, 0.2) is 53.4 Å². The number of hydrogen-bond donors (Lipinski definition) is 2. The quantitative estimate of drug-likeness (QED) is 0.706. The number of hydrogen-bond acceptors (Lipinski definition) is 4. The van der Waals surface area contributed by atoms with Gasteiger partial charge in [-0.15, -0.1) is 0 Å². The number of nitrogens with zero attached hydrogens (tertiary/aromatic N) is 1. The molecule has 28 heavy (non-hydrogen) atoms. The third-order valence-electron chi connectivity index (χ3n) is 5.84. The lowest BCUT2D eigenvalue weighted by Crippen LogP contribution is -2.50. The number of aromatic amines is 1. The van der Waals surface area contributed by atoms with Crippen LogP contribution in [0, 0.1) is 17.2 Å². The summed E-state index contributed by atoms with van der Waals surface area (Å²) in [5, 5.41) is 20.0. The largest absolute Gasteiger partial charge is 0.480 e. The first-order valence-electron chi connectivity index (χ1n) is 8.85. The highest BCUT2D eigenvalue weighted by molar-refractivity contribution is 7.93. The van der Waals surface area contributed by atoms with E-state index in [1.165, 1.54) is 19.1 Å². The molecule has 0 bridgehead atoms. The second kappa shape index (κ2) is 6.21. The third-order valence-corrected chi connectivity index (χ3v) is 8.36. The average Bonchev–Trinajstić information content (AvgIpc) is 3.25. The van der Waals surface area contributed by atoms with E-state index >= 15 is 0 Å². The van der Waals surface area contributed by atoms with Gasteiger partial charge in [0, 0.05) is 16.6 Å². The van der Waals surface area contributed by atoms with Crippen molar-refractivity contribution >= 4 is 26.7 Å². The molecule has 1 aliphatic carbocycles. The first kappa shape index (κ1) is 18.3. The van der Waals surface area contributed by atoms with Crippen LogP contribution in [0.1, 0.15) is 23.7 Å². The Bertz CT molecular complexity index is 1240. The number of rotatable bonds is 4. The molecule has 1 aliphatic rings. The summed E-state index contributed by atoms with van der Waals surface area (Å²) >= 11 is 0. The Morgan fingerprint density at radius 1 is 1.21 bits per heavy atom. The second-order valence-corrected chi connectivity index (χ2v) is 9.61. The highest BCUT2D eigenvalue weighted by atomic mass is 32.2. The number of nitriles is 1. The van der Waals surface area contributed by atoms with Gasteiger partial charge in [0.2, 0.25) is 0 Å². The summed E-state index contributed by atoms with van der Waals surface area (Å²) < 4.78 is 24.6. The number of carbonyl (C=O) groups is 1. The van der Waals surface area contributed by atoms with E-state index in [1.807, 2.05) is 6.07 Å². The fourth-order valence-corrected chi connectivity index (χ4v) is 5.93. The van der Waals surface area contributed by atoms with E-state index < -0.39 is 26.5 Å². The van der Waals surface area contributed by atoms with Gasteiger partial charge >= 0.3 is 5.97 Å². The van der Waals surface area contributed by atoms with Crippen LogP contribution in [0.5, 0.6) is 0 Å². The highest BCUT2D eigenvalue weighted by Crippen LogP contribution is 2.43. The lowest BCUT2D eigenvalue weighted by atomic mass is 9.90. The zero-order valence-corrected chi connectivity index (χ0v) is 16.0. The minimum Gasteiger partial charge on any atom is -0.480 e. The molecule has 2 N–H and O–H groups in total. The number of sulfone groups is 1. The number of carboxylic acids is 1. The summed E-state index contributed by atoms with van der Waals surface area (Å²) in [4.78, 5) is 15.5. The van der Waals surface area contributed by atoms with Crippen LogP contribution in [-0.4, -0.2) is 29.2 Å².